The maximum Gasteiger partial charge on any atom is 0.231 e. The van der Waals surface area contributed by atoms with Crippen LogP contribution in [0.15, 0.2) is 36.4 Å². The van der Waals surface area contributed by atoms with Crippen LogP contribution in [0.1, 0.15) is 18.1 Å². The quantitative estimate of drug-likeness (QED) is 0.792. The normalized spacial score (nSPS) is 12.3. The first kappa shape index (κ1) is 16.9. The molecule has 1 aliphatic rings. The monoisotopic (exact) mass is 365 g/mol. The zero-order valence-corrected chi connectivity index (χ0v) is 14.7. The van der Waals surface area contributed by atoms with Crippen molar-refractivity contribution in [3.8, 4) is 11.5 Å². The van der Waals surface area contributed by atoms with E-state index in [1.165, 1.54) is 0 Å². The van der Waals surface area contributed by atoms with E-state index in [9.17, 15) is 4.79 Å². The highest BCUT2D eigenvalue weighted by Gasteiger charge is 2.17. The van der Waals surface area contributed by atoms with E-state index in [2.05, 4.69) is 0 Å². The van der Waals surface area contributed by atoms with Crippen LogP contribution in [-0.2, 0) is 17.8 Å². The van der Waals surface area contributed by atoms with Gasteiger partial charge in [0.25, 0.3) is 0 Å². The molecule has 0 spiro atoms. The lowest BCUT2D eigenvalue weighted by Crippen LogP contribution is -2.31. The Hall–Kier alpha value is -1.91. The Balaban J connectivity index is 1.68. The summed E-state index contributed by atoms with van der Waals surface area (Å²) in [6.07, 6.45) is 0.287. The molecule has 0 saturated carbocycles. The summed E-state index contributed by atoms with van der Waals surface area (Å²) in [6.45, 7) is 3.34. The SMILES string of the molecule is CCN(Cc1ccc2c(c1)OCO2)C(=O)Cc1ccc(Cl)c(Cl)c1. The second kappa shape index (κ2) is 7.32. The number of nitrogens with zero attached hydrogens (tertiary/aromatic N) is 1. The third-order valence-corrected chi connectivity index (χ3v) is 4.62. The summed E-state index contributed by atoms with van der Waals surface area (Å²) in [5, 5.41) is 0.946. The lowest BCUT2D eigenvalue weighted by atomic mass is 10.1. The van der Waals surface area contributed by atoms with Crippen LogP contribution >= 0.6 is 23.2 Å². The van der Waals surface area contributed by atoms with Gasteiger partial charge in [0, 0.05) is 13.1 Å². The van der Waals surface area contributed by atoms with E-state index in [0.717, 1.165) is 22.6 Å². The molecule has 0 aliphatic carbocycles. The molecule has 0 aromatic heterocycles. The molecule has 1 amide bonds. The van der Waals surface area contributed by atoms with Crippen molar-refractivity contribution in [1.29, 1.82) is 0 Å². The van der Waals surface area contributed by atoms with Crippen molar-refractivity contribution in [2.24, 2.45) is 0 Å². The molecule has 0 bridgehead atoms. The molecule has 0 saturated heterocycles. The number of hydrogen-bond donors (Lipinski definition) is 0. The number of halogens is 2. The van der Waals surface area contributed by atoms with Crippen molar-refractivity contribution in [3.05, 3.63) is 57.6 Å². The smallest absolute Gasteiger partial charge is 0.231 e. The molecule has 0 unspecified atom stereocenters. The van der Waals surface area contributed by atoms with Crippen molar-refractivity contribution < 1.29 is 14.3 Å². The number of amides is 1. The van der Waals surface area contributed by atoms with E-state index in [1.54, 1.807) is 17.0 Å². The minimum absolute atomic E-state index is 0.0357. The van der Waals surface area contributed by atoms with E-state index in [1.807, 2.05) is 31.2 Å². The van der Waals surface area contributed by atoms with Gasteiger partial charge in [0.15, 0.2) is 11.5 Å². The molecule has 3 rings (SSSR count). The summed E-state index contributed by atoms with van der Waals surface area (Å²) in [4.78, 5) is 14.4. The Labute approximate surface area is 150 Å². The minimum atomic E-state index is 0.0357. The molecule has 0 atom stereocenters. The number of carbonyl (C=O) groups excluding carboxylic acids is 1. The van der Waals surface area contributed by atoms with Crippen molar-refractivity contribution >= 4 is 29.1 Å². The molecule has 0 radical (unpaired) electrons. The number of benzene rings is 2. The lowest BCUT2D eigenvalue weighted by molar-refractivity contribution is -0.130. The number of ether oxygens (including phenoxy) is 2. The van der Waals surface area contributed by atoms with E-state index >= 15 is 0 Å². The minimum Gasteiger partial charge on any atom is -0.454 e. The summed E-state index contributed by atoms with van der Waals surface area (Å²) in [5.74, 6) is 1.50. The molecule has 2 aromatic carbocycles. The molecular weight excluding hydrogens is 349 g/mol. The molecule has 24 heavy (non-hydrogen) atoms. The third-order valence-electron chi connectivity index (χ3n) is 3.88. The topological polar surface area (TPSA) is 38.8 Å². The Morgan fingerprint density at radius 3 is 2.54 bits per heavy atom. The first-order valence-corrected chi connectivity index (χ1v) is 8.42. The van der Waals surface area contributed by atoms with Crippen LogP contribution < -0.4 is 9.47 Å². The van der Waals surface area contributed by atoms with Crippen LogP contribution in [0.3, 0.4) is 0 Å². The summed E-state index contributed by atoms with van der Waals surface area (Å²) < 4.78 is 10.7. The van der Waals surface area contributed by atoms with E-state index < -0.39 is 0 Å². The summed E-state index contributed by atoms with van der Waals surface area (Å²) in [5.41, 5.74) is 1.85. The van der Waals surface area contributed by atoms with Crippen molar-refractivity contribution in [3.63, 3.8) is 0 Å². The second-order valence-electron chi connectivity index (χ2n) is 5.52. The molecule has 2 aromatic rings. The molecular formula is C18H17Cl2NO3. The summed E-state index contributed by atoms with van der Waals surface area (Å²) in [7, 11) is 0. The van der Waals surface area contributed by atoms with Crippen molar-refractivity contribution in [2.75, 3.05) is 13.3 Å². The van der Waals surface area contributed by atoms with Gasteiger partial charge in [-0.2, -0.15) is 0 Å². The number of carbonyl (C=O) groups is 1. The van der Waals surface area contributed by atoms with Gasteiger partial charge >= 0.3 is 0 Å². The van der Waals surface area contributed by atoms with Gasteiger partial charge in [0.1, 0.15) is 0 Å². The molecule has 0 N–H and O–H groups in total. The Morgan fingerprint density at radius 1 is 1.04 bits per heavy atom. The molecule has 4 nitrogen and oxygen atoms in total. The van der Waals surface area contributed by atoms with Gasteiger partial charge in [0.05, 0.1) is 16.5 Å². The van der Waals surface area contributed by atoms with Crippen LogP contribution in [-0.4, -0.2) is 24.1 Å². The fourth-order valence-electron chi connectivity index (χ4n) is 2.57. The Kier molecular flexibility index (Phi) is 5.17. The van der Waals surface area contributed by atoms with Gasteiger partial charge in [-0.1, -0.05) is 35.3 Å². The Bertz CT molecular complexity index is 764. The van der Waals surface area contributed by atoms with Crippen molar-refractivity contribution in [1.82, 2.24) is 4.90 Å². The van der Waals surface area contributed by atoms with Gasteiger partial charge in [0.2, 0.25) is 12.7 Å². The van der Waals surface area contributed by atoms with Gasteiger partial charge in [-0.25, -0.2) is 0 Å². The van der Waals surface area contributed by atoms with Gasteiger partial charge in [-0.15, -0.1) is 0 Å². The standard InChI is InChI=1S/C18H17Cl2NO3/c1-2-21(10-13-4-6-16-17(8-13)24-11-23-16)18(22)9-12-3-5-14(19)15(20)7-12/h3-8H,2,9-11H2,1H3. The largest absolute Gasteiger partial charge is 0.454 e. The highest BCUT2D eigenvalue weighted by atomic mass is 35.5. The average molecular weight is 366 g/mol. The van der Waals surface area contributed by atoms with E-state index in [0.29, 0.717) is 23.1 Å². The number of hydrogen-bond acceptors (Lipinski definition) is 3. The van der Waals surface area contributed by atoms with Crippen LogP contribution in [0.25, 0.3) is 0 Å². The van der Waals surface area contributed by atoms with E-state index in [4.69, 9.17) is 32.7 Å². The maximum atomic E-state index is 12.6. The highest BCUT2D eigenvalue weighted by Crippen LogP contribution is 2.32. The molecule has 6 heteroatoms. The predicted octanol–water partition coefficient (Wildman–Crippen LogP) is 4.31. The fourth-order valence-corrected chi connectivity index (χ4v) is 2.89. The maximum absolute atomic E-state index is 12.6. The molecule has 1 aliphatic heterocycles. The summed E-state index contributed by atoms with van der Waals surface area (Å²) in [6, 6.07) is 11.0. The number of likely N-dealkylation sites (N-methyl/N-ethyl adjacent to an activating group) is 1. The highest BCUT2D eigenvalue weighted by molar-refractivity contribution is 6.42. The van der Waals surface area contributed by atoms with Crippen LogP contribution in [0, 0.1) is 0 Å². The number of fused-ring (bicyclic) bond motifs is 1. The average Bonchev–Trinajstić information content (AvgIpc) is 3.03. The van der Waals surface area contributed by atoms with Gasteiger partial charge < -0.3 is 14.4 Å². The van der Waals surface area contributed by atoms with Crippen LogP contribution in [0.5, 0.6) is 11.5 Å². The first-order chi connectivity index (χ1) is 11.6. The zero-order valence-electron chi connectivity index (χ0n) is 13.2. The van der Waals surface area contributed by atoms with Crippen LogP contribution in [0.4, 0.5) is 0 Å². The molecule has 1 heterocycles. The molecule has 126 valence electrons. The third kappa shape index (κ3) is 3.77. The Morgan fingerprint density at radius 2 is 1.79 bits per heavy atom. The fraction of sp³-hybridized carbons (Fsp3) is 0.278. The predicted molar refractivity (Wildman–Crippen MR) is 93.8 cm³/mol. The summed E-state index contributed by atoms with van der Waals surface area (Å²) >= 11 is 11.9. The first-order valence-electron chi connectivity index (χ1n) is 7.67. The van der Waals surface area contributed by atoms with Crippen molar-refractivity contribution in [2.45, 2.75) is 19.9 Å². The molecule has 0 fully saturated rings. The second-order valence-corrected chi connectivity index (χ2v) is 6.34. The lowest BCUT2D eigenvalue weighted by Gasteiger charge is -2.21. The van der Waals surface area contributed by atoms with Gasteiger partial charge in [-0.3, -0.25) is 4.79 Å². The van der Waals surface area contributed by atoms with Crippen LogP contribution in [0.2, 0.25) is 10.0 Å². The number of rotatable bonds is 5. The van der Waals surface area contributed by atoms with Gasteiger partial charge in [-0.05, 0) is 42.3 Å². The zero-order chi connectivity index (χ0) is 17.1. The van der Waals surface area contributed by atoms with E-state index in [-0.39, 0.29) is 19.1 Å².